The zero-order valence-electron chi connectivity index (χ0n) is 15.2. The topological polar surface area (TPSA) is 90.0 Å². The number of halogens is 1. The molecule has 138 valence electrons. The van der Waals surface area contributed by atoms with E-state index in [9.17, 15) is 9.59 Å². The molecular formula is C20H19ClN4O2. The van der Waals surface area contributed by atoms with Crippen molar-refractivity contribution in [1.82, 2.24) is 9.55 Å². The van der Waals surface area contributed by atoms with Crippen molar-refractivity contribution < 1.29 is 9.59 Å². The van der Waals surface area contributed by atoms with Crippen molar-refractivity contribution in [3.63, 3.8) is 0 Å². The first kappa shape index (κ1) is 18.7. The summed E-state index contributed by atoms with van der Waals surface area (Å²) in [5.41, 5.74) is 10.0. The van der Waals surface area contributed by atoms with Crippen LogP contribution >= 0.6 is 11.6 Å². The summed E-state index contributed by atoms with van der Waals surface area (Å²) in [6.07, 6.45) is 5.13. The first-order chi connectivity index (χ1) is 12.8. The largest absolute Gasteiger partial charge is 0.366 e. The van der Waals surface area contributed by atoms with Gasteiger partial charge in [0.15, 0.2) is 0 Å². The van der Waals surface area contributed by atoms with Gasteiger partial charge in [-0.1, -0.05) is 23.2 Å². The summed E-state index contributed by atoms with van der Waals surface area (Å²) >= 11 is 6.36. The van der Waals surface area contributed by atoms with Crippen LogP contribution in [0.15, 0.2) is 42.9 Å². The van der Waals surface area contributed by atoms with Crippen LogP contribution in [-0.2, 0) is 4.79 Å². The number of hydrogen-bond acceptors (Lipinski definition) is 3. The minimum Gasteiger partial charge on any atom is -0.366 e. The number of anilines is 1. The normalized spacial score (nSPS) is 10.7. The quantitative estimate of drug-likeness (QED) is 0.717. The monoisotopic (exact) mass is 382 g/mol. The molecule has 0 fully saturated rings. The molecule has 0 aliphatic rings. The number of carbonyl (C=O) groups is 2. The second kappa shape index (κ2) is 7.25. The summed E-state index contributed by atoms with van der Waals surface area (Å²) in [7, 11) is 0. The summed E-state index contributed by atoms with van der Waals surface area (Å²) in [5.74, 6) is -0.336. The van der Waals surface area contributed by atoms with Gasteiger partial charge in [0.05, 0.1) is 11.3 Å². The van der Waals surface area contributed by atoms with Gasteiger partial charge in [-0.05, 0) is 31.5 Å². The smallest absolute Gasteiger partial charge is 0.250 e. The predicted molar refractivity (Wildman–Crippen MR) is 106 cm³/mol. The van der Waals surface area contributed by atoms with Crippen molar-refractivity contribution in [3.05, 3.63) is 64.6 Å². The summed E-state index contributed by atoms with van der Waals surface area (Å²) in [6, 6.07) is 7.35. The van der Waals surface area contributed by atoms with E-state index in [-0.39, 0.29) is 5.91 Å². The van der Waals surface area contributed by atoms with Gasteiger partial charge in [0, 0.05) is 47.7 Å². The molecule has 3 aromatic rings. The third-order valence-electron chi connectivity index (χ3n) is 4.16. The van der Waals surface area contributed by atoms with Gasteiger partial charge in [0.25, 0.3) is 5.91 Å². The minimum absolute atomic E-state index is 0.213. The second-order valence-electron chi connectivity index (χ2n) is 6.38. The molecule has 0 atom stereocenters. The Morgan fingerprint density at radius 1 is 1.15 bits per heavy atom. The van der Waals surface area contributed by atoms with Crippen LogP contribution in [0.5, 0.6) is 0 Å². The molecule has 2 amide bonds. The fourth-order valence-electron chi connectivity index (χ4n) is 2.89. The number of primary amides is 1. The number of aryl methyl sites for hydroxylation is 2. The molecule has 0 saturated heterocycles. The molecule has 0 saturated carbocycles. The lowest BCUT2D eigenvalue weighted by Gasteiger charge is -2.09. The van der Waals surface area contributed by atoms with Crippen molar-refractivity contribution >= 4 is 29.2 Å². The number of aromatic nitrogens is 2. The van der Waals surface area contributed by atoms with Crippen LogP contribution in [0.4, 0.5) is 5.82 Å². The number of nitrogens with zero attached hydrogens (tertiary/aromatic N) is 2. The maximum atomic E-state index is 12.0. The zero-order chi connectivity index (χ0) is 19.7. The summed E-state index contributed by atoms with van der Waals surface area (Å²) in [4.78, 5) is 27.5. The van der Waals surface area contributed by atoms with E-state index in [4.69, 9.17) is 17.3 Å². The van der Waals surface area contributed by atoms with Crippen molar-refractivity contribution in [1.29, 1.82) is 0 Å². The number of nitrogens with one attached hydrogen (secondary N) is 1. The maximum absolute atomic E-state index is 12.0. The van der Waals surface area contributed by atoms with E-state index in [2.05, 4.69) is 10.3 Å². The Morgan fingerprint density at radius 3 is 2.56 bits per heavy atom. The van der Waals surface area contributed by atoms with Gasteiger partial charge >= 0.3 is 0 Å². The molecular weight excluding hydrogens is 364 g/mol. The van der Waals surface area contributed by atoms with E-state index in [0.717, 1.165) is 22.4 Å². The number of hydrogen-bond donors (Lipinski definition) is 2. The Balaban J connectivity index is 2.18. The van der Waals surface area contributed by atoms with E-state index in [1.54, 1.807) is 35.3 Å². The highest BCUT2D eigenvalue weighted by molar-refractivity contribution is 6.33. The second-order valence-corrected chi connectivity index (χ2v) is 6.78. The molecule has 0 aliphatic heterocycles. The SMILES string of the molecule is CC(=O)Nc1cc(-n2cc(C(N)=O)c(-c3cc(C)ccc3Cl)c2)c(C)cn1. The van der Waals surface area contributed by atoms with Crippen LogP contribution in [0.2, 0.25) is 5.02 Å². The van der Waals surface area contributed by atoms with Crippen molar-refractivity contribution in [2.45, 2.75) is 20.8 Å². The molecule has 2 heterocycles. The van der Waals surface area contributed by atoms with Gasteiger partial charge in [-0.15, -0.1) is 0 Å². The Kier molecular flexibility index (Phi) is 5.01. The number of carbonyl (C=O) groups excluding carboxylic acids is 2. The zero-order valence-corrected chi connectivity index (χ0v) is 16.0. The van der Waals surface area contributed by atoms with Crippen molar-refractivity contribution in [3.8, 4) is 16.8 Å². The van der Waals surface area contributed by atoms with Gasteiger partial charge in [-0.25, -0.2) is 4.98 Å². The number of nitrogens with two attached hydrogens (primary N) is 1. The molecule has 27 heavy (non-hydrogen) atoms. The third-order valence-corrected chi connectivity index (χ3v) is 4.49. The third kappa shape index (κ3) is 3.85. The predicted octanol–water partition coefficient (Wildman–Crippen LogP) is 3.87. The van der Waals surface area contributed by atoms with Crippen molar-refractivity contribution in [2.75, 3.05) is 5.32 Å². The number of pyridine rings is 1. The molecule has 3 N–H and O–H groups in total. The van der Waals surface area contributed by atoms with Crippen LogP contribution in [0, 0.1) is 13.8 Å². The molecule has 0 aliphatic carbocycles. The molecule has 0 radical (unpaired) electrons. The highest BCUT2D eigenvalue weighted by atomic mass is 35.5. The lowest BCUT2D eigenvalue weighted by atomic mass is 10.0. The Hall–Kier alpha value is -3.12. The summed E-state index contributed by atoms with van der Waals surface area (Å²) in [6.45, 7) is 5.26. The lowest BCUT2D eigenvalue weighted by Crippen LogP contribution is -2.11. The molecule has 7 heteroatoms. The molecule has 1 aromatic carbocycles. The first-order valence-corrected chi connectivity index (χ1v) is 8.67. The Bertz CT molecular complexity index is 1060. The van der Waals surface area contributed by atoms with Crippen LogP contribution in [0.3, 0.4) is 0 Å². The molecule has 2 aromatic heterocycles. The van der Waals surface area contributed by atoms with E-state index in [1.807, 2.05) is 26.0 Å². The molecule has 0 bridgehead atoms. The number of rotatable bonds is 4. The van der Waals surface area contributed by atoms with Crippen LogP contribution in [-0.4, -0.2) is 21.4 Å². The van der Waals surface area contributed by atoms with Crippen LogP contribution in [0.25, 0.3) is 16.8 Å². The first-order valence-electron chi connectivity index (χ1n) is 8.29. The number of amides is 2. The Labute approximate surface area is 162 Å². The average Bonchev–Trinajstić information content (AvgIpc) is 3.03. The number of benzene rings is 1. The van der Waals surface area contributed by atoms with E-state index in [0.29, 0.717) is 22.0 Å². The Morgan fingerprint density at radius 2 is 1.89 bits per heavy atom. The highest BCUT2D eigenvalue weighted by Gasteiger charge is 2.18. The molecule has 6 nitrogen and oxygen atoms in total. The molecule has 3 rings (SSSR count). The van der Waals surface area contributed by atoms with Crippen LogP contribution < -0.4 is 11.1 Å². The fraction of sp³-hybridized carbons (Fsp3) is 0.150. The maximum Gasteiger partial charge on any atom is 0.250 e. The highest BCUT2D eigenvalue weighted by Crippen LogP contribution is 2.33. The summed E-state index contributed by atoms with van der Waals surface area (Å²) < 4.78 is 1.79. The average molecular weight is 383 g/mol. The van der Waals surface area contributed by atoms with Gasteiger partial charge in [-0.3, -0.25) is 9.59 Å². The van der Waals surface area contributed by atoms with Gasteiger partial charge in [0.1, 0.15) is 5.82 Å². The van der Waals surface area contributed by atoms with Gasteiger partial charge < -0.3 is 15.6 Å². The van der Waals surface area contributed by atoms with Gasteiger partial charge in [0.2, 0.25) is 5.91 Å². The van der Waals surface area contributed by atoms with E-state index in [1.165, 1.54) is 6.92 Å². The standard InChI is InChI=1S/C20H19ClN4O2/c1-11-4-5-17(21)14(6-11)15-9-25(10-16(15)20(22)27)18-7-19(24-13(3)26)23-8-12(18)2/h4-10H,1-3H3,(H2,22,27)(H,23,24,26). The fourth-order valence-corrected chi connectivity index (χ4v) is 3.11. The van der Waals surface area contributed by atoms with Crippen LogP contribution in [0.1, 0.15) is 28.4 Å². The molecule has 0 spiro atoms. The minimum atomic E-state index is -0.546. The molecule has 0 unspecified atom stereocenters. The van der Waals surface area contributed by atoms with E-state index >= 15 is 0 Å². The lowest BCUT2D eigenvalue weighted by molar-refractivity contribution is -0.114. The van der Waals surface area contributed by atoms with Gasteiger partial charge in [-0.2, -0.15) is 0 Å². The summed E-state index contributed by atoms with van der Waals surface area (Å²) in [5, 5.41) is 3.19. The van der Waals surface area contributed by atoms with Crippen molar-refractivity contribution in [2.24, 2.45) is 5.73 Å². The van der Waals surface area contributed by atoms with E-state index < -0.39 is 5.91 Å².